The largest absolute Gasteiger partial charge is 0.573 e. The fourth-order valence-electron chi connectivity index (χ4n) is 3.87. The zero-order chi connectivity index (χ0) is 23.5. The molecule has 1 aromatic heterocycles. The van der Waals surface area contributed by atoms with Gasteiger partial charge in [0.1, 0.15) is 22.8 Å². The molecule has 1 fully saturated rings. The number of hydrogen-bond donors (Lipinski definition) is 2. The number of likely N-dealkylation sites (tertiary alicyclic amines) is 1. The number of carbonyl (C=O) groups excluding carboxylic acids is 2. The lowest BCUT2D eigenvalue weighted by atomic mass is 10.0. The second-order valence-corrected chi connectivity index (χ2v) is 7.46. The van der Waals surface area contributed by atoms with E-state index in [1.807, 2.05) is 0 Å². The van der Waals surface area contributed by atoms with Gasteiger partial charge in [-0.15, -0.1) is 13.2 Å². The summed E-state index contributed by atoms with van der Waals surface area (Å²) in [7, 11) is 0. The van der Waals surface area contributed by atoms with Gasteiger partial charge in [0.05, 0.1) is 6.04 Å². The van der Waals surface area contributed by atoms with E-state index in [0.717, 1.165) is 12.1 Å². The summed E-state index contributed by atoms with van der Waals surface area (Å²) in [5.74, 6) is -1.19. The van der Waals surface area contributed by atoms with E-state index in [-0.39, 0.29) is 29.0 Å². The number of hydrogen-bond acceptors (Lipinski definition) is 5. The minimum Gasteiger partial charge on any atom is -0.406 e. The Morgan fingerprint density at radius 1 is 1.16 bits per heavy atom. The fraction of sp³-hybridized carbons (Fsp3) is 0.381. The Morgan fingerprint density at radius 2 is 1.75 bits per heavy atom. The second-order valence-electron chi connectivity index (χ2n) is 7.46. The molecule has 0 saturated carbocycles. The molecule has 1 aromatic carbocycles. The number of aromatic nitrogens is 2. The number of rotatable bonds is 5. The van der Waals surface area contributed by atoms with Gasteiger partial charge in [-0.25, -0.2) is 4.68 Å². The Balaban J connectivity index is 1.87. The predicted octanol–water partition coefficient (Wildman–Crippen LogP) is 3.26. The van der Waals surface area contributed by atoms with Crippen LogP contribution >= 0.6 is 0 Å². The zero-order valence-electron chi connectivity index (χ0n) is 17.3. The summed E-state index contributed by atoms with van der Waals surface area (Å²) in [6.45, 7) is 4.65. The van der Waals surface area contributed by atoms with Crippen LogP contribution in [0, 0.1) is 0 Å². The second kappa shape index (κ2) is 9.33. The van der Waals surface area contributed by atoms with Crippen LogP contribution in [0.15, 0.2) is 36.9 Å². The molecule has 0 atom stereocenters. The van der Waals surface area contributed by atoms with Crippen LogP contribution in [-0.4, -0.2) is 45.9 Å². The molecule has 1 aliphatic rings. The average molecular weight is 451 g/mol. The number of alkyl halides is 3. The van der Waals surface area contributed by atoms with Crippen molar-refractivity contribution in [3.05, 3.63) is 42.5 Å². The van der Waals surface area contributed by atoms with Crippen LogP contribution < -0.4 is 16.2 Å². The number of amides is 2. The Bertz CT molecular complexity index is 991. The van der Waals surface area contributed by atoms with Crippen molar-refractivity contribution in [2.75, 3.05) is 18.8 Å². The summed E-state index contributed by atoms with van der Waals surface area (Å²) >= 11 is 0. The fourth-order valence-corrected chi connectivity index (χ4v) is 3.87. The van der Waals surface area contributed by atoms with Crippen LogP contribution in [0.4, 0.5) is 19.0 Å². The summed E-state index contributed by atoms with van der Waals surface area (Å²) in [4.78, 5) is 25.7. The minimum atomic E-state index is -4.81. The Hall–Kier alpha value is -3.50. The number of nitrogens with zero attached hydrogens (tertiary/aromatic N) is 3. The Morgan fingerprint density at radius 3 is 2.25 bits per heavy atom. The minimum absolute atomic E-state index is 0.0139. The van der Waals surface area contributed by atoms with E-state index in [0.29, 0.717) is 44.3 Å². The van der Waals surface area contributed by atoms with Crippen LogP contribution in [0.2, 0.25) is 0 Å². The molecule has 32 heavy (non-hydrogen) atoms. The molecule has 1 aliphatic heterocycles. The number of benzene rings is 1. The SMILES string of the molecule is C=CC(=O)N1CCCC(n2nc(-c3ccc(OC(F)(F)F)cc3)c(C(N)=O)c2N)CCC1. The lowest BCUT2D eigenvalue weighted by Crippen LogP contribution is -2.33. The maximum atomic E-state index is 12.4. The molecule has 172 valence electrons. The molecule has 0 aliphatic carbocycles. The van der Waals surface area contributed by atoms with Gasteiger partial charge < -0.3 is 21.1 Å². The maximum absolute atomic E-state index is 12.4. The third-order valence-electron chi connectivity index (χ3n) is 5.32. The van der Waals surface area contributed by atoms with Crippen LogP contribution in [-0.2, 0) is 4.79 Å². The number of halogens is 3. The van der Waals surface area contributed by atoms with Crippen molar-refractivity contribution >= 4 is 17.6 Å². The first-order chi connectivity index (χ1) is 15.1. The first-order valence-corrected chi connectivity index (χ1v) is 10.1. The van der Waals surface area contributed by atoms with Crippen LogP contribution in [0.3, 0.4) is 0 Å². The molecule has 2 amide bonds. The highest BCUT2D eigenvalue weighted by atomic mass is 19.4. The summed E-state index contributed by atoms with van der Waals surface area (Å²) in [6.07, 6.45) is -0.773. The van der Waals surface area contributed by atoms with Crippen molar-refractivity contribution < 1.29 is 27.5 Å². The number of anilines is 1. The molecule has 11 heteroatoms. The molecule has 1 saturated heterocycles. The van der Waals surface area contributed by atoms with Gasteiger partial charge in [0.15, 0.2) is 0 Å². The molecule has 4 N–H and O–H groups in total. The average Bonchev–Trinajstić information content (AvgIpc) is 3.04. The summed E-state index contributed by atoms with van der Waals surface area (Å²) in [5, 5.41) is 4.50. The number of primary amides is 1. The molecule has 8 nitrogen and oxygen atoms in total. The zero-order valence-corrected chi connectivity index (χ0v) is 17.3. The monoisotopic (exact) mass is 451 g/mol. The molecule has 2 aromatic rings. The van der Waals surface area contributed by atoms with E-state index < -0.39 is 18.0 Å². The number of nitrogen functional groups attached to an aromatic ring is 1. The molecule has 0 radical (unpaired) electrons. The van der Waals surface area contributed by atoms with Gasteiger partial charge in [-0.1, -0.05) is 6.58 Å². The summed E-state index contributed by atoms with van der Waals surface area (Å²) in [5.41, 5.74) is 12.3. The standard InChI is InChI=1S/C21H24F3N5O3/c1-2-16(30)28-11-3-5-14(6-4-12-28)29-19(25)17(20(26)31)18(27-29)13-7-9-15(10-8-13)32-21(22,23)24/h2,7-10,14H,1,3-6,11-12,25H2,(H2,26,31). The van der Waals surface area contributed by atoms with Crippen LogP contribution in [0.1, 0.15) is 42.1 Å². The summed E-state index contributed by atoms with van der Waals surface area (Å²) < 4.78 is 42.7. The molecule has 2 heterocycles. The molecule has 0 spiro atoms. The van der Waals surface area contributed by atoms with Gasteiger partial charge in [0.2, 0.25) is 5.91 Å². The van der Waals surface area contributed by atoms with Crippen molar-refractivity contribution in [2.24, 2.45) is 5.73 Å². The third-order valence-corrected chi connectivity index (χ3v) is 5.32. The van der Waals surface area contributed by atoms with Crippen molar-refractivity contribution in [1.82, 2.24) is 14.7 Å². The van der Waals surface area contributed by atoms with Gasteiger partial charge in [-0.2, -0.15) is 5.10 Å². The normalized spacial score (nSPS) is 15.7. The first-order valence-electron chi connectivity index (χ1n) is 10.1. The third kappa shape index (κ3) is 5.21. The topological polar surface area (TPSA) is 116 Å². The Kier molecular flexibility index (Phi) is 6.75. The van der Waals surface area contributed by atoms with Gasteiger partial charge in [-0.3, -0.25) is 9.59 Å². The van der Waals surface area contributed by atoms with Gasteiger partial charge >= 0.3 is 6.36 Å². The van der Waals surface area contributed by atoms with Gasteiger partial charge in [0, 0.05) is 18.7 Å². The Labute approximate surface area is 182 Å². The van der Waals surface area contributed by atoms with Crippen LogP contribution in [0.25, 0.3) is 11.3 Å². The van der Waals surface area contributed by atoms with E-state index in [1.165, 1.54) is 18.2 Å². The van der Waals surface area contributed by atoms with Gasteiger partial charge in [0.25, 0.3) is 5.91 Å². The van der Waals surface area contributed by atoms with Gasteiger partial charge in [-0.05, 0) is 56.0 Å². The van der Waals surface area contributed by atoms with E-state index in [4.69, 9.17) is 11.5 Å². The van der Waals surface area contributed by atoms with Crippen molar-refractivity contribution in [2.45, 2.75) is 38.1 Å². The molecule has 0 bridgehead atoms. The molecule has 0 unspecified atom stereocenters. The van der Waals surface area contributed by atoms with E-state index >= 15 is 0 Å². The van der Waals surface area contributed by atoms with E-state index in [2.05, 4.69) is 16.4 Å². The number of ether oxygens (including phenoxy) is 1. The molecule has 3 rings (SSSR count). The van der Waals surface area contributed by atoms with Crippen molar-refractivity contribution in [3.8, 4) is 17.0 Å². The van der Waals surface area contributed by atoms with E-state index in [1.54, 1.807) is 9.58 Å². The lowest BCUT2D eigenvalue weighted by molar-refractivity contribution is -0.274. The highest BCUT2D eigenvalue weighted by Crippen LogP contribution is 2.34. The maximum Gasteiger partial charge on any atom is 0.573 e. The predicted molar refractivity (Wildman–Crippen MR) is 112 cm³/mol. The first kappa shape index (κ1) is 23.2. The molecular weight excluding hydrogens is 427 g/mol. The number of carbonyl (C=O) groups is 2. The smallest absolute Gasteiger partial charge is 0.406 e. The lowest BCUT2D eigenvalue weighted by Gasteiger charge is -2.27. The highest BCUT2D eigenvalue weighted by molar-refractivity contribution is 6.03. The van der Waals surface area contributed by atoms with Crippen molar-refractivity contribution in [3.63, 3.8) is 0 Å². The molecular formula is C21H24F3N5O3. The van der Waals surface area contributed by atoms with E-state index in [9.17, 15) is 22.8 Å². The number of nitrogens with two attached hydrogens (primary N) is 2. The van der Waals surface area contributed by atoms with Crippen LogP contribution in [0.5, 0.6) is 5.75 Å². The van der Waals surface area contributed by atoms with Crippen molar-refractivity contribution in [1.29, 1.82) is 0 Å². The highest BCUT2D eigenvalue weighted by Gasteiger charge is 2.31. The quantitative estimate of drug-likeness (QED) is 0.677. The summed E-state index contributed by atoms with van der Waals surface area (Å²) in [6, 6.07) is 4.86.